The zero-order valence-electron chi connectivity index (χ0n) is 7.15. The highest BCUT2D eigenvalue weighted by molar-refractivity contribution is 8.42. The van der Waals surface area contributed by atoms with Gasteiger partial charge in [0.05, 0.1) is 0 Å². The highest BCUT2D eigenvalue weighted by Gasteiger charge is 2.11. The molecule has 2 aromatic carbocycles. The summed E-state index contributed by atoms with van der Waals surface area (Å²) in [5.74, 6) is 0. The Morgan fingerprint density at radius 3 is 2.21 bits per heavy atom. The monoisotopic (exact) mass is 260 g/mol. The molecule has 14 heavy (non-hydrogen) atoms. The zero-order chi connectivity index (χ0) is 10.2. The predicted octanol–water partition coefficient (Wildman–Crippen LogP) is 4.25. The van der Waals surface area contributed by atoms with Crippen molar-refractivity contribution in [1.82, 2.24) is 0 Å². The van der Waals surface area contributed by atoms with Gasteiger partial charge >= 0.3 is 0 Å². The summed E-state index contributed by atoms with van der Waals surface area (Å²) in [5.41, 5.74) is 0. The number of hydrogen-bond acceptors (Lipinski definition) is 1. The molecule has 0 aromatic heterocycles. The van der Waals surface area contributed by atoms with Crippen LogP contribution < -0.4 is 5.30 Å². The first-order valence-electron chi connectivity index (χ1n) is 4.06. The molecule has 0 nitrogen and oxygen atoms in total. The molecule has 0 N–H and O–H groups in total. The molecule has 2 rings (SSSR count). The van der Waals surface area contributed by atoms with Crippen LogP contribution in [-0.2, 0) is 11.8 Å². The maximum Gasteiger partial charge on any atom is 0.147 e. The van der Waals surface area contributed by atoms with Crippen LogP contribution in [0.2, 0.25) is 0 Å². The summed E-state index contributed by atoms with van der Waals surface area (Å²) in [5, 5.41) is 3.16. The number of benzene rings is 2. The fourth-order valence-electron chi connectivity index (χ4n) is 1.34. The summed E-state index contributed by atoms with van der Waals surface area (Å²) in [6.45, 7) is 0. The van der Waals surface area contributed by atoms with Gasteiger partial charge in [-0.05, 0) is 16.8 Å². The maximum absolute atomic E-state index is 5.95. The van der Waals surface area contributed by atoms with E-state index in [1.807, 2.05) is 42.5 Å². The van der Waals surface area contributed by atoms with Crippen LogP contribution in [0.1, 0.15) is 0 Å². The molecule has 0 aliphatic rings. The standard InChI is InChI=1S/C10H7Cl2PS/c11-13(12,14)10-6-5-8-3-1-2-4-9(8)7-10/h1-7H. The summed E-state index contributed by atoms with van der Waals surface area (Å²) in [6.07, 6.45) is 0. The van der Waals surface area contributed by atoms with E-state index >= 15 is 0 Å². The molecular weight excluding hydrogens is 254 g/mol. The number of fused-ring (bicyclic) bond motifs is 1. The van der Waals surface area contributed by atoms with Crippen molar-refractivity contribution < 1.29 is 0 Å². The highest BCUT2D eigenvalue weighted by Crippen LogP contribution is 2.55. The molecule has 0 radical (unpaired) electrons. The molecule has 0 fully saturated rings. The second kappa shape index (κ2) is 3.83. The van der Waals surface area contributed by atoms with Crippen molar-refractivity contribution >= 4 is 55.1 Å². The van der Waals surface area contributed by atoms with Crippen molar-refractivity contribution in [3.05, 3.63) is 42.5 Å². The van der Waals surface area contributed by atoms with Crippen molar-refractivity contribution in [3.63, 3.8) is 0 Å². The largest absolute Gasteiger partial charge is 0.147 e. The predicted molar refractivity (Wildman–Crippen MR) is 69.6 cm³/mol. The van der Waals surface area contributed by atoms with Crippen molar-refractivity contribution in [2.24, 2.45) is 0 Å². The van der Waals surface area contributed by atoms with Crippen molar-refractivity contribution in [1.29, 1.82) is 0 Å². The van der Waals surface area contributed by atoms with Crippen molar-refractivity contribution in [3.8, 4) is 0 Å². The minimum Gasteiger partial charge on any atom is -0.0633 e. The summed E-state index contributed by atoms with van der Waals surface area (Å²) >= 11 is 17.0. The van der Waals surface area contributed by atoms with E-state index in [1.165, 1.54) is 5.39 Å². The van der Waals surface area contributed by atoms with Gasteiger partial charge in [-0.15, -0.1) is 0 Å². The van der Waals surface area contributed by atoms with Crippen LogP contribution in [-0.4, -0.2) is 0 Å². The first-order valence-corrected chi connectivity index (χ1v) is 8.67. The lowest BCUT2D eigenvalue weighted by atomic mass is 10.1. The van der Waals surface area contributed by atoms with Crippen LogP contribution >= 0.6 is 27.2 Å². The summed E-state index contributed by atoms with van der Waals surface area (Å²) in [4.78, 5) is 0. The number of hydrogen-bond donors (Lipinski definition) is 0. The second-order valence-electron chi connectivity index (χ2n) is 2.99. The van der Waals surface area contributed by atoms with E-state index in [9.17, 15) is 0 Å². The van der Waals surface area contributed by atoms with Gasteiger partial charge in [0.15, 0.2) is 0 Å². The van der Waals surface area contributed by atoms with Crippen LogP contribution in [0.3, 0.4) is 0 Å². The minimum atomic E-state index is -2.34. The normalized spacial score (nSPS) is 11.9. The van der Waals surface area contributed by atoms with Crippen LogP contribution in [0.25, 0.3) is 10.8 Å². The maximum atomic E-state index is 5.95. The van der Waals surface area contributed by atoms with E-state index in [0.717, 1.165) is 10.7 Å². The SMILES string of the molecule is S=P(Cl)(Cl)c1ccc2ccccc2c1. The van der Waals surface area contributed by atoms with Gasteiger partial charge in [0.1, 0.15) is 4.74 Å². The second-order valence-corrected chi connectivity index (χ2v) is 10.8. The van der Waals surface area contributed by atoms with E-state index < -0.39 is 4.74 Å². The summed E-state index contributed by atoms with van der Waals surface area (Å²) in [7, 11) is 0. The molecule has 0 unspecified atom stereocenters. The average molecular weight is 261 g/mol. The summed E-state index contributed by atoms with van der Waals surface area (Å²) in [6, 6.07) is 13.9. The smallest absolute Gasteiger partial charge is 0.0633 e. The Kier molecular flexibility index (Phi) is 2.86. The van der Waals surface area contributed by atoms with Gasteiger partial charge in [0, 0.05) is 5.30 Å². The van der Waals surface area contributed by atoms with Gasteiger partial charge in [-0.1, -0.05) is 70.7 Å². The number of rotatable bonds is 1. The first-order chi connectivity index (χ1) is 6.57. The molecule has 0 saturated carbocycles. The molecule has 0 aliphatic heterocycles. The van der Waals surface area contributed by atoms with Gasteiger partial charge in [0.2, 0.25) is 0 Å². The van der Waals surface area contributed by atoms with Gasteiger partial charge < -0.3 is 0 Å². The lowest BCUT2D eigenvalue weighted by molar-refractivity contribution is 1.78. The zero-order valence-corrected chi connectivity index (χ0v) is 10.4. The van der Waals surface area contributed by atoms with Crippen molar-refractivity contribution in [2.45, 2.75) is 0 Å². The topological polar surface area (TPSA) is 0 Å². The molecule has 0 atom stereocenters. The van der Waals surface area contributed by atoms with Gasteiger partial charge in [-0.2, -0.15) is 0 Å². The van der Waals surface area contributed by atoms with Gasteiger partial charge in [0.25, 0.3) is 0 Å². The Morgan fingerprint density at radius 2 is 1.57 bits per heavy atom. The Bertz CT molecular complexity index is 518. The van der Waals surface area contributed by atoms with Gasteiger partial charge in [-0.3, -0.25) is 0 Å². The Hall–Kier alpha value is -0.0700. The summed E-state index contributed by atoms with van der Waals surface area (Å²) < 4.78 is -2.34. The molecule has 0 saturated heterocycles. The van der Waals surface area contributed by atoms with E-state index in [2.05, 4.69) is 0 Å². The van der Waals surface area contributed by atoms with E-state index in [0.29, 0.717) is 0 Å². The molecule has 0 amide bonds. The lowest BCUT2D eigenvalue weighted by Crippen LogP contribution is -1.95. The third kappa shape index (κ3) is 2.12. The van der Waals surface area contributed by atoms with Crippen LogP contribution in [0.15, 0.2) is 42.5 Å². The first kappa shape index (κ1) is 10.4. The van der Waals surface area contributed by atoms with Crippen LogP contribution in [0.5, 0.6) is 0 Å². The average Bonchev–Trinajstić information content (AvgIpc) is 2.16. The molecule has 0 aliphatic carbocycles. The fraction of sp³-hybridized carbons (Fsp3) is 0. The molecule has 2 aromatic rings. The fourth-order valence-corrected chi connectivity index (χ4v) is 2.85. The lowest BCUT2D eigenvalue weighted by Gasteiger charge is -2.06. The molecule has 72 valence electrons. The molecular formula is C10H7Cl2PS. The highest BCUT2D eigenvalue weighted by atomic mass is 35.9. The van der Waals surface area contributed by atoms with E-state index in [4.69, 9.17) is 34.3 Å². The molecule has 0 bridgehead atoms. The Labute approximate surface area is 97.4 Å². The molecule has 0 heterocycles. The van der Waals surface area contributed by atoms with E-state index in [1.54, 1.807) is 0 Å². The minimum absolute atomic E-state index is 0.856. The van der Waals surface area contributed by atoms with Crippen LogP contribution in [0, 0.1) is 0 Å². The Balaban J connectivity index is 2.69. The van der Waals surface area contributed by atoms with Crippen LogP contribution in [0.4, 0.5) is 0 Å². The quantitative estimate of drug-likeness (QED) is 0.691. The molecule has 0 spiro atoms. The third-order valence-electron chi connectivity index (χ3n) is 2.03. The number of halogens is 2. The Morgan fingerprint density at radius 1 is 0.929 bits per heavy atom. The molecule has 4 heteroatoms. The van der Waals surface area contributed by atoms with Crippen molar-refractivity contribution in [2.75, 3.05) is 0 Å². The van der Waals surface area contributed by atoms with Gasteiger partial charge in [-0.25, -0.2) is 0 Å². The third-order valence-corrected chi connectivity index (χ3v) is 4.72. The van der Waals surface area contributed by atoms with E-state index in [-0.39, 0.29) is 0 Å².